The molecule has 0 saturated carbocycles. The number of rotatable bonds is 5. The van der Waals surface area contributed by atoms with Crippen molar-refractivity contribution >= 4 is 29.5 Å². The molecule has 1 N–H and O–H groups in total. The van der Waals surface area contributed by atoms with Gasteiger partial charge in [0.1, 0.15) is 5.75 Å². The third-order valence-corrected chi connectivity index (χ3v) is 3.67. The standard InChI is InChI=1S/C17H14ClNO5/c1-2-22-14-7-16-15(23-9-24-16)5-10(14)8-19-11-3-4-13(18)12(6-11)17(20)21/h3-8H,2,9H2,1H3,(H,20,21). The van der Waals surface area contributed by atoms with Crippen molar-refractivity contribution in [2.75, 3.05) is 13.4 Å². The molecule has 2 aromatic rings. The highest BCUT2D eigenvalue weighted by atomic mass is 35.5. The Labute approximate surface area is 143 Å². The molecule has 0 bridgehead atoms. The van der Waals surface area contributed by atoms with Crippen LogP contribution in [0.25, 0.3) is 0 Å². The summed E-state index contributed by atoms with van der Waals surface area (Å²) < 4.78 is 16.3. The molecule has 0 fully saturated rings. The van der Waals surface area contributed by atoms with Gasteiger partial charge >= 0.3 is 5.97 Å². The molecule has 0 radical (unpaired) electrons. The number of ether oxygens (including phenoxy) is 3. The van der Waals surface area contributed by atoms with Crippen molar-refractivity contribution in [3.8, 4) is 17.2 Å². The van der Waals surface area contributed by atoms with Gasteiger partial charge in [-0.25, -0.2) is 4.79 Å². The van der Waals surface area contributed by atoms with Gasteiger partial charge in [-0.2, -0.15) is 0 Å². The second kappa shape index (κ2) is 6.80. The number of aromatic carboxylic acids is 1. The molecule has 1 aliphatic heterocycles. The van der Waals surface area contributed by atoms with Crippen LogP contribution < -0.4 is 14.2 Å². The fraction of sp³-hybridized carbons (Fsp3) is 0.176. The summed E-state index contributed by atoms with van der Waals surface area (Å²) in [6, 6.07) is 8.07. The smallest absolute Gasteiger partial charge is 0.337 e. The van der Waals surface area contributed by atoms with E-state index in [-0.39, 0.29) is 17.4 Å². The molecule has 3 rings (SSSR count). The molecule has 1 heterocycles. The van der Waals surface area contributed by atoms with Gasteiger partial charge in [-0.3, -0.25) is 4.99 Å². The van der Waals surface area contributed by atoms with E-state index >= 15 is 0 Å². The lowest BCUT2D eigenvalue weighted by molar-refractivity contribution is 0.0697. The molecular formula is C17H14ClNO5. The maximum absolute atomic E-state index is 11.1. The molecule has 6 nitrogen and oxygen atoms in total. The lowest BCUT2D eigenvalue weighted by Crippen LogP contribution is -1.97. The van der Waals surface area contributed by atoms with E-state index in [1.165, 1.54) is 12.1 Å². The zero-order valence-electron chi connectivity index (χ0n) is 12.8. The average Bonchev–Trinajstić information content (AvgIpc) is 3.01. The van der Waals surface area contributed by atoms with Crippen molar-refractivity contribution in [3.05, 3.63) is 46.5 Å². The average molecular weight is 348 g/mol. The first-order valence-corrected chi connectivity index (χ1v) is 7.59. The largest absolute Gasteiger partial charge is 0.493 e. The molecule has 0 amide bonds. The van der Waals surface area contributed by atoms with Gasteiger partial charge in [-0.15, -0.1) is 0 Å². The fourth-order valence-corrected chi connectivity index (χ4v) is 2.42. The fourth-order valence-electron chi connectivity index (χ4n) is 2.22. The van der Waals surface area contributed by atoms with Crippen LogP contribution in [0.5, 0.6) is 17.2 Å². The number of benzene rings is 2. The monoisotopic (exact) mass is 347 g/mol. The van der Waals surface area contributed by atoms with E-state index in [1.807, 2.05) is 6.92 Å². The molecular weight excluding hydrogens is 334 g/mol. The van der Waals surface area contributed by atoms with Crippen LogP contribution in [-0.4, -0.2) is 30.7 Å². The summed E-state index contributed by atoms with van der Waals surface area (Å²) in [5, 5.41) is 9.27. The number of carboxylic acids is 1. The Hall–Kier alpha value is -2.73. The van der Waals surface area contributed by atoms with E-state index in [2.05, 4.69) is 4.99 Å². The SMILES string of the molecule is CCOc1cc2c(cc1C=Nc1ccc(Cl)c(C(=O)O)c1)OCO2. The molecule has 1 aliphatic rings. The minimum absolute atomic E-state index is 0.00188. The van der Waals surface area contributed by atoms with Gasteiger partial charge in [-0.1, -0.05) is 11.6 Å². The maximum atomic E-state index is 11.1. The summed E-state index contributed by atoms with van der Waals surface area (Å²) in [5.41, 5.74) is 1.17. The molecule has 0 atom stereocenters. The van der Waals surface area contributed by atoms with Crippen LogP contribution in [-0.2, 0) is 0 Å². The minimum Gasteiger partial charge on any atom is -0.493 e. The lowest BCUT2D eigenvalue weighted by atomic mass is 10.1. The Balaban J connectivity index is 1.94. The third-order valence-electron chi connectivity index (χ3n) is 3.34. The Kier molecular flexibility index (Phi) is 4.57. The maximum Gasteiger partial charge on any atom is 0.337 e. The lowest BCUT2D eigenvalue weighted by Gasteiger charge is -2.08. The Morgan fingerprint density at radius 3 is 2.79 bits per heavy atom. The predicted octanol–water partition coefficient (Wildman–Crippen LogP) is 3.92. The van der Waals surface area contributed by atoms with Crippen molar-refractivity contribution in [1.29, 1.82) is 0 Å². The Morgan fingerprint density at radius 2 is 2.08 bits per heavy atom. The second-order valence-corrected chi connectivity index (χ2v) is 5.31. The number of nitrogens with zero attached hydrogens (tertiary/aromatic N) is 1. The molecule has 0 aliphatic carbocycles. The van der Waals surface area contributed by atoms with Gasteiger partial charge in [-0.05, 0) is 31.2 Å². The molecule has 0 aromatic heterocycles. The van der Waals surface area contributed by atoms with Crippen molar-refractivity contribution in [2.45, 2.75) is 6.92 Å². The van der Waals surface area contributed by atoms with Crippen molar-refractivity contribution in [1.82, 2.24) is 0 Å². The van der Waals surface area contributed by atoms with Gasteiger partial charge in [0.05, 0.1) is 22.9 Å². The van der Waals surface area contributed by atoms with Gasteiger partial charge in [0, 0.05) is 17.8 Å². The summed E-state index contributed by atoms with van der Waals surface area (Å²) in [6.45, 7) is 2.54. The van der Waals surface area contributed by atoms with Crippen LogP contribution in [0, 0.1) is 0 Å². The molecule has 124 valence electrons. The number of fused-ring (bicyclic) bond motifs is 1. The number of halogens is 1. The van der Waals surface area contributed by atoms with E-state index in [0.29, 0.717) is 35.1 Å². The summed E-state index contributed by atoms with van der Waals surface area (Å²) in [5.74, 6) is 0.741. The minimum atomic E-state index is -1.10. The Bertz CT molecular complexity index is 819. The van der Waals surface area contributed by atoms with Crippen molar-refractivity contribution < 1.29 is 24.1 Å². The van der Waals surface area contributed by atoms with Gasteiger partial charge < -0.3 is 19.3 Å². The number of carboxylic acid groups (broad SMARTS) is 1. The number of hydrogen-bond donors (Lipinski definition) is 1. The molecule has 24 heavy (non-hydrogen) atoms. The highest BCUT2D eigenvalue weighted by Gasteiger charge is 2.17. The van der Waals surface area contributed by atoms with Crippen LogP contribution in [0.15, 0.2) is 35.3 Å². The van der Waals surface area contributed by atoms with Crippen molar-refractivity contribution in [3.63, 3.8) is 0 Å². The third kappa shape index (κ3) is 3.28. The number of hydrogen-bond acceptors (Lipinski definition) is 5. The molecule has 0 spiro atoms. The zero-order valence-corrected chi connectivity index (χ0v) is 13.5. The summed E-state index contributed by atoms with van der Waals surface area (Å²) >= 11 is 5.86. The van der Waals surface area contributed by atoms with Crippen LogP contribution in [0.1, 0.15) is 22.8 Å². The normalized spacial score (nSPS) is 12.6. The number of carbonyl (C=O) groups is 1. The van der Waals surface area contributed by atoms with Gasteiger partial charge in [0.2, 0.25) is 6.79 Å². The summed E-state index contributed by atoms with van der Waals surface area (Å²) in [4.78, 5) is 15.4. The quantitative estimate of drug-likeness (QED) is 0.829. The van der Waals surface area contributed by atoms with Gasteiger partial charge in [0.15, 0.2) is 11.5 Å². The molecule has 0 unspecified atom stereocenters. The van der Waals surface area contributed by atoms with E-state index < -0.39 is 5.97 Å². The van der Waals surface area contributed by atoms with E-state index in [0.717, 1.165) is 0 Å². The zero-order chi connectivity index (χ0) is 17.1. The first kappa shape index (κ1) is 16.1. The second-order valence-electron chi connectivity index (χ2n) is 4.90. The first-order chi connectivity index (χ1) is 11.6. The highest BCUT2D eigenvalue weighted by Crippen LogP contribution is 2.37. The molecule has 2 aromatic carbocycles. The van der Waals surface area contributed by atoms with Crippen LogP contribution in [0.2, 0.25) is 5.02 Å². The Morgan fingerprint density at radius 1 is 1.33 bits per heavy atom. The van der Waals surface area contributed by atoms with Crippen molar-refractivity contribution in [2.24, 2.45) is 4.99 Å². The predicted molar refractivity (Wildman–Crippen MR) is 89.4 cm³/mol. The van der Waals surface area contributed by atoms with Crippen LogP contribution in [0.3, 0.4) is 0 Å². The summed E-state index contributed by atoms with van der Waals surface area (Å²) in [6.07, 6.45) is 1.59. The topological polar surface area (TPSA) is 77.4 Å². The first-order valence-electron chi connectivity index (χ1n) is 7.22. The van der Waals surface area contributed by atoms with Crippen LogP contribution in [0.4, 0.5) is 5.69 Å². The molecule has 7 heteroatoms. The number of aliphatic imine (C=N–C) groups is 1. The van der Waals surface area contributed by atoms with Crippen LogP contribution >= 0.6 is 11.6 Å². The van der Waals surface area contributed by atoms with E-state index in [4.69, 9.17) is 30.9 Å². The highest BCUT2D eigenvalue weighted by molar-refractivity contribution is 6.33. The molecule has 0 saturated heterocycles. The summed E-state index contributed by atoms with van der Waals surface area (Å²) in [7, 11) is 0. The van der Waals surface area contributed by atoms with E-state index in [9.17, 15) is 4.79 Å². The van der Waals surface area contributed by atoms with Gasteiger partial charge in [0.25, 0.3) is 0 Å². The van der Waals surface area contributed by atoms with E-state index in [1.54, 1.807) is 24.4 Å².